The van der Waals surface area contributed by atoms with Gasteiger partial charge in [-0.1, -0.05) is 6.07 Å². The number of aryl methyl sites for hydroxylation is 1. The van der Waals surface area contributed by atoms with Crippen molar-refractivity contribution in [2.45, 2.75) is 24.3 Å². The monoisotopic (exact) mass is 423 g/mol. The van der Waals surface area contributed by atoms with Crippen molar-refractivity contribution < 1.29 is 19.0 Å². The Labute approximate surface area is 178 Å². The second-order valence-electron chi connectivity index (χ2n) is 7.22. The SMILES string of the molecule is COc1ccc(-n2nc(C)c3c2NC(=O)[C@H](C)S[C@@H]3c2ccc3c(c2)OCO3)cc1. The predicted molar refractivity (Wildman–Crippen MR) is 115 cm³/mol. The third kappa shape index (κ3) is 3.08. The van der Waals surface area contributed by atoms with Gasteiger partial charge in [-0.3, -0.25) is 4.79 Å². The van der Waals surface area contributed by atoms with Crippen molar-refractivity contribution in [2.24, 2.45) is 0 Å². The summed E-state index contributed by atoms with van der Waals surface area (Å²) in [5, 5.41) is 7.55. The van der Waals surface area contributed by atoms with E-state index in [9.17, 15) is 4.79 Å². The van der Waals surface area contributed by atoms with Gasteiger partial charge in [-0.2, -0.15) is 5.10 Å². The zero-order valence-electron chi connectivity index (χ0n) is 16.8. The summed E-state index contributed by atoms with van der Waals surface area (Å²) in [4.78, 5) is 12.8. The maximum absolute atomic E-state index is 12.8. The van der Waals surface area contributed by atoms with Crippen LogP contribution >= 0.6 is 11.8 Å². The minimum absolute atomic E-state index is 0.0424. The quantitative estimate of drug-likeness (QED) is 0.684. The number of amides is 1. The molecule has 2 aromatic carbocycles. The topological polar surface area (TPSA) is 74.6 Å². The van der Waals surface area contributed by atoms with Crippen LogP contribution in [0.3, 0.4) is 0 Å². The number of aromatic nitrogens is 2. The molecule has 1 N–H and O–H groups in total. The molecule has 0 saturated heterocycles. The van der Waals surface area contributed by atoms with Gasteiger partial charge in [0.2, 0.25) is 12.7 Å². The van der Waals surface area contributed by atoms with Gasteiger partial charge in [0.05, 0.1) is 29.0 Å². The van der Waals surface area contributed by atoms with Gasteiger partial charge in [-0.05, 0) is 55.8 Å². The van der Waals surface area contributed by atoms with E-state index in [0.29, 0.717) is 5.82 Å². The molecule has 0 unspecified atom stereocenters. The second kappa shape index (κ2) is 7.28. The molecule has 2 atom stereocenters. The van der Waals surface area contributed by atoms with Crippen molar-refractivity contribution in [1.29, 1.82) is 0 Å². The van der Waals surface area contributed by atoms with Crippen molar-refractivity contribution in [3.05, 3.63) is 59.3 Å². The van der Waals surface area contributed by atoms with Crippen LogP contribution in [-0.2, 0) is 4.79 Å². The number of anilines is 1. The Hall–Kier alpha value is -3.13. The minimum Gasteiger partial charge on any atom is -0.497 e. The first-order valence-electron chi connectivity index (χ1n) is 9.65. The summed E-state index contributed by atoms with van der Waals surface area (Å²) < 4.78 is 18.1. The maximum atomic E-state index is 12.8. The molecule has 30 heavy (non-hydrogen) atoms. The molecule has 0 saturated carbocycles. The number of benzene rings is 2. The molecule has 0 spiro atoms. The smallest absolute Gasteiger partial charge is 0.238 e. The number of ether oxygens (including phenoxy) is 3. The Balaban J connectivity index is 1.64. The van der Waals surface area contributed by atoms with Gasteiger partial charge in [0.15, 0.2) is 11.5 Å². The first-order valence-corrected chi connectivity index (χ1v) is 10.6. The molecular formula is C22H21N3O4S. The van der Waals surface area contributed by atoms with Crippen LogP contribution in [0.1, 0.15) is 29.0 Å². The molecule has 7 nitrogen and oxygen atoms in total. The molecule has 1 aromatic heterocycles. The van der Waals surface area contributed by atoms with E-state index in [-0.39, 0.29) is 23.2 Å². The third-order valence-electron chi connectivity index (χ3n) is 5.34. The summed E-state index contributed by atoms with van der Waals surface area (Å²) in [6, 6.07) is 13.6. The van der Waals surface area contributed by atoms with Gasteiger partial charge in [0.25, 0.3) is 0 Å². The molecule has 5 rings (SSSR count). The van der Waals surface area contributed by atoms with Crippen LogP contribution in [0, 0.1) is 6.92 Å². The average molecular weight is 423 g/mol. The molecule has 3 aromatic rings. The average Bonchev–Trinajstić information content (AvgIpc) is 3.32. The Kier molecular flexibility index (Phi) is 4.58. The van der Waals surface area contributed by atoms with E-state index in [1.165, 1.54) is 0 Å². The fourth-order valence-electron chi connectivity index (χ4n) is 3.76. The van der Waals surface area contributed by atoms with E-state index in [1.807, 2.05) is 56.3 Å². The fraction of sp³-hybridized carbons (Fsp3) is 0.273. The van der Waals surface area contributed by atoms with Crippen LogP contribution < -0.4 is 19.5 Å². The molecule has 0 bridgehead atoms. The number of nitrogens with zero attached hydrogens (tertiary/aromatic N) is 2. The highest BCUT2D eigenvalue weighted by Crippen LogP contribution is 2.48. The normalized spacial score (nSPS) is 19.8. The van der Waals surface area contributed by atoms with E-state index in [0.717, 1.165) is 39.8 Å². The molecule has 1 amide bonds. The molecule has 2 aliphatic rings. The molecule has 0 radical (unpaired) electrons. The van der Waals surface area contributed by atoms with Gasteiger partial charge >= 0.3 is 0 Å². The number of rotatable bonds is 3. The lowest BCUT2D eigenvalue weighted by Gasteiger charge is -2.17. The van der Waals surface area contributed by atoms with Crippen LogP contribution in [0.2, 0.25) is 0 Å². The highest BCUT2D eigenvalue weighted by atomic mass is 32.2. The van der Waals surface area contributed by atoms with Crippen molar-refractivity contribution in [1.82, 2.24) is 9.78 Å². The van der Waals surface area contributed by atoms with Crippen molar-refractivity contribution >= 4 is 23.5 Å². The number of fused-ring (bicyclic) bond motifs is 2. The Morgan fingerprint density at radius 3 is 2.70 bits per heavy atom. The second-order valence-corrected chi connectivity index (χ2v) is 8.67. The van der Waals surface area contributed by atoms with Crippen LogP contribution in [0.4, 0.5) is 5.82 Å². The summed E-state index contributed by atoms with van der Waals surface area (Å²) in [7, 11) is 1.63. The van der Waals surface area contributed by atoms with Gasteiger partial charge in [-0.15, -0.1) is 11.8 Å². The predicted octanol–water partition coefficient (Wildman–Crippen LogP) is 4.08. The van der Waals surface area contributed by atoms with Gasteiger partial charge in [-0.25, -0.2) is 4.68 Å². The number of hydrogen-bond acceptors (Lipinski definition) is 6. The molecule has 8 heteroatoms. The van der Waals surface area contributed by atoms with Crippen LogP contribution in [0.25, 0.3) is 5.69 Å². The number of hydrogen-bond donors (Lipinski definition) is 1. The number of carbonyl (C=O) groups is 1. The zero-order chi connectivity index (χ0) is 20.8. The van der Waals surface area contributed by atoms with E-state index < -0.39 is 0 Å². The molecule has 3 heterocycles. The Morgan fingerprint density at radius 1 is 1.17 bits per heavy atom. The lowest BCUT2D eigenvalue weighted by molar-refractivity contribution is -0.115. The van der Waals surface area contributed by atoms with Crippen LogP contribution in [0.5, 0.6) is 17.2 Å². The van der Waals surface area contributed by atoms with Crippen LogP contribution in [0.15, 0.2) is 42.5 Å². The summed E-state index contributed by atoms with van der Waals surface area (Å²) >= 11 is 1.60. The Bertz CT molecular complexity index is 1130. The lowest BCUT2D eigenvalue weighted by Crippen LogP contribution is -2.22. The Morgan fingerprint density at radius 2 is 1.93 bits per heavy atom. The molecule has 2 aliphatic heterocycles. The maximum Gasteiger partial charge on any atom is 0.238 e. The van der Waals surface area contributed by atoms with Gasteiger partial charge in [0.1, 0.15) is 11.6 Å². The summed E-state index contributed by atoms with van der Waals surface area (Å²) in [5.41, 5.74) is 3.76. The molecule has 0 fully saturated rings. The van der Waals surface area contributed by atoms with Gasteiger partial charge in [0, 0.05) is 5.56 Å². The highest BCUT2D eigenvalue weighted by Gasteiger charge is 2.34. The summed E-state index contributed by atoms with van der Waals surface area (Å²) in [6.45, 7) is 4.13. The first kappa shape index (κ1) is 18.9. The first-order chi connectivity index (χ1) is 14.5. The third-order valence-corrected chi connectivity index (χ3v) is 6.74. The van der Waals surface area contributed by atoms with Crippen molar-refractivity contribution in [3.8, 4) is 22.9 Å². The lowest BCUT2D eigenvalue weighted by atomic mass is 10.0. The fourth-order valence-corrected chi connectivity index (χ4v) is 5.07. The highest BCUT2D eigenvalue weighted by molar-refractivity contribution is 8.01. The molecule has 154 valence electrons. The minimum atomic E-state index is -0.225. The number of methoxy groups -OCH3 is 1. The number of thioether (sulfide) groups is 1. The number of carbonyl (C=O) groups excluding carboxylic acids is 1. The zero-order valence-corrected chi connectivity index (χ0v) is 17.7. The summed E-state index contributed by atoms with van der Waals surface area (Å²) in [5.74, 6) is 2.89. The number of nitrogens with one attached hydrogen (secondary N) is 1. The van der Waals surface area contributed by atoms with Crippen LogP contribution in [-0.4, -0.2) is 34.8 Å². The molecular weight excluding hydrogens is 402 g/mol. The van der Waals surface area contributed by atoms with E-state index >= 15 is 0 Å². The summed E-state index contributed by atoms with van der Waals surface area (Å²) in [6.07, 6.45) is 0. The van der Waals surface area contributed by atoms with E-state index in [1.54, 1.807) is 23.6 Å². The van der Waals surface area contributed by atoms with Gasteiger partial charge < -0.3 is 19.5 Å². The standard InChI is InChI=1S/C22H21N3O4S/c1-12-19-20(14-4-9-17-18(10-14)29-11-28-17)30-13(2)22(26)23-21(19)25(24-12)15-5-7-16(27-3)8-6-15/h4-10,13,20H,11H2,1-3H3,(H,23,26)/t13-,20+/m0/s1. The van der Waals surface area contributed by atoms with Crippen molar-refractivity contribution in [3.63, 3.8) is 0 Å². The largest absolute Gasteiger partial charge is 0.497 e. The van der Waals surface area contributed by atoms with Crippen molar-refractivity contribution in [2.75, 3.05) is 19.2 Å². The molecule has 0 aliphatic carbocycles. The van der Waals surface area contributed by atoms with E-state index in [4.69, 9.17) is 19.3 Å². The van der Waals surface area contributed by atoms with E-state index in [2.05, 4.69) is 5.32 Å².